The molecule has 6 nitrogen and oxygen atoms in total. The zero-order chi connectivity index (χ0) is 14.2. The summed E-state index contributed by atoms with van der Waals surface area (Å²) in [7, 11) is -2.99. The van der Waals surface area contributed by atoms with Gasteiger partial charge in [0.05, 0.1) is 25.0 Å². The second-order valence-electron chi connectivity index (χ2n) is 4.77. The Morgan fingerprint density at radius 2 is 1.89 bits per heavy atom. The fraction of sp³-hybridized carbons (Fsp3) is 0.909. The van der Waals surface area contributed by atoms with Crippen molar-refractivity contribution in [1.29, 1.82) is 0 Å². The number of halogens is 1. The lowest BCUT2D eigenvalue weighted by Gasteiger charge is -2.14. The topological polar surface area (TPSA) is 98.5 Å². The molecular weight excluding hydrogens is 292 g/mol. The van der Waals surface area contributed by atoms with E-state index < -0.39 is 15.9 Å². The molecule has 1 amide bonds. The molecule has 0 fully saturated rings. The molecule has 1 atom stereocenters. The molecule has 0 aromatic carbocycles. The third-order valence-corrected chi connectivity index (χ3v) is 3.11. The second kappa shape index (κ2) is 10.4. The fourth-order valence-corrected chi connectivity index (χ4v) is 1.73. The minimum atomic E-state index is -2.99. The van der Waals surface area contributed by atoms with Crippen molar-refractivity contribution in [3.63, 3.8) is 0 Å². The number of carbonyl (C=O) groups is 1. The smallest absolute Gasteiger partial charge is 0.237 e. The number of nitrogens with two attached hydrogens (primary N) is 1. The predicted molar refractivity (Wildman–Crippen MR) is 78.2 cm³/mol. The molecule has 0 aromatic rings. The Hall–Kier alpha value is -0.370. The molecule has 0 aromatic heterocycles. The number of nitrogens with one attached hydrogen (secondary N) is 1. The largest absolute Gasteiger partial charge is 0.379 e. The van der Waals surface area contributed by atoms with Gasteiger partial charge in [0.25, 0.3) is 0 Å². The van der Waals surface area contributed by atoms with Gasteiger partial charge in [-0.3, -0.25) is 4.79 Å². The average Bonchev–Trinajstić information content (AvgIpc) is 2.20. The van der Waals surface area contributed by atoms with E-state index in [1.807, 2.05) is 13.8 Å². The van der Waals surface area contributed by atoms with Crippen molar-refractivity contribution in [2.45, 2.75) is 26.3 Å². The maximum atomic E-state index is 11.5. The monoisotopic (exact) mass is 316 g/mol. The lowest BCUT2D eigenvalue weighted by atomic mass is 10.0. The lowest BCUT2D eigenvalue weighted by Crippen LogP contribution is -2.42. The molecule has 0 heterocycles. The summed E-state index contributed by atoms with van der Waals surface area (Å²) in [5.41, 5.74) is 5.68. The SMILES string of the molecule is CC(C)C[C@H](N)C(=O)NCCOCCS(C)(=O)=O.Cl. The van der Waals surface area contributed by atoms with E-state index in [1.165, 1.54) is 0 Å². The van der Waals surface area contributed by atoms with E-state index in [2.05, 4.69) is 5.32 Å². The Morgan fingerprint density at radius 3 is 2.37 bits per heavy atom. The third kappa shape index (κ3) is 13.9. The summed E-state index contributed by atoms with van der Waals surface area (Å²) in [4.78, 5) is 11.5. The number of hydrogen-bond donors (Lipinski definition) is 2. The van der Waals surface area contributed by atoms with Gasteiger partial charge in [-0.25, -0.2) is 8.42 Å². The molecule has 0 saturated carbocycles. The molecule has 0 rings (SSSR count). The summed E-state index contributed by atoms with van der Waals surface area (Å²) in [6.45, 7) is 4.78. The number of sulfone groups is 1. The Labute approximate surface area is 121 Å². The van der Waals surface area contributed by atoms with Crippen molar-refractivity contribution in [3.05, 3.63) is 0 Å². The molecule has 0 saturated heterocycles. The first-order valence-electron chi connectivity index (χ1n) is 6.01. The minimum absolute atomic E-state index is 0. The van der Waals surface area contributed by atoms with E-state index in [-0.39, 0.29) is 37.3 Å². The van der Waals surface area contributed by atoms with Crippen LogP contribution in [0, 0.1) is 5.92 Å². The standard InChI is InChI=1S/C11H24N2O4S.ClH/c1-9(2)8-10(12)11(14)13-4-5-17-6-7-18(3,15)16;/h9-10H,4-8,12H2,1-3H3,(H,13,14);1H/t10-;/m0./s1. The summed E-state index contributed by atoms with van der Waals surface area (Å²) < 4.78 is 26.7. The van der Waals surface area contributed by atoms with Crippen LogP contribution < -0.4 is 11.1 Å². The van der Waals surface area contributed by atoms with Crippen molar-refractivity contribution in [2.75, 3.05) is 31.8 Å². The minimum Gasteiger partial charge on any atom is -0.379 e. The number of amides is 1. The molecule has 19 heavy (non-hydrogen) atoms. The summed E-state index contributed by atoms with van der Waals surface area (Å²) in [6, 6.07) is -0.499. The predicted octanol–water partition coefficient (Wildman–Crippen LogP) is -0.0410. The molecule has 0 spiro atoms. The highest BCUT2D eigenvalue weighted by molar-refractivity contribution is 7.90. The first kappa shape index (κ1) is 20.9. The molecule has 0 aliphatic heterocycles. The summed E-state index contributed by atoms with van der Waals surface area (Å²) in [6.07, 6.45) is 1.80. The van der Waals surface area contributed by atoms with Crippen molar-refractivity contribution in [1.82, 2.24) is 5.32 Å². The summed E-state index contributed by atoms with van der Waals surface area (Å²) >= 11 is 0. The van der Waals surface area contributed by atoms with Gasteiger partial charge < -0.3 is 15.8 Å². The number of carbonyl (C=O) groups excluding carboxylic acids is 1. The molecule has 0 aliphatic rings. The highest BCUT2D eigenvalue weighted by Crippen LogP contribution is 2.02. The van der Waals surface area contributed by atoms with Gasteiger partial charge in [-0.2, -0.15) is 0 Å². The van der Waals surface area contributed by atoms with Crippen LogP contribution in [0.25, 0.3) is 0 Å². The molecule has 116 valence electrons. The van der Waals surface area contributed by atoms with Gasteiger partial charge in [0.1, 0.15) is 9.84 Å². The molecule has 0 bridgehead atoms. The highest BCUT2D eigenvalue weighted by Gasteiger charge is 2.13. The fourth-order valence-electron chi connectivity index (χ4n) is 1.30. The van der Waals surface area contributed by atoms with Crippen molar-refractivity contribution in [2.24, 2.45) is 11.7 Å². The molecule has 8 heteroatoms. The quantitative estimate of drug-likeness (QED) is 0.582. The number of hydrogen-bond acceptors (Lipinski definition) is 5. The summed E-state index contributed by atoms with van der Waals surface area (Å²) in [5.74, 6) is 0.167. The van der Waals surface area contributed by atoms with Crippen LogP contribution in [0.15, 0.2) is 0 Å². The molecule has 0 unspecified atom stereocenters. The van der Waals surface area contributed by atoms with E-state index in [0.29, 0.717) is 18.9 Å². The van der Waals surface area contributed by atoms with Gasteiger partial charge in [0, 0.05) is 12.8 Å². The first-order valence-corrected chi connectivity index (χ1v) is 8.07. The Morgan fingerprint density at radius 1 is 1.32 bits per heavy atom. The van der Waals surface area contributed by atoms with Crippen LogP contribution in [0.1, 0.15) is 20.3 Å². The van der Waals surface area contributed by atoms with Crippen LogP contribution in [-0.4, -0.2) is 52.1 Å². The van der Waals surface area contributed by atoms with Crippen LogP contribution in [-0.2, 0) is 19.4 Å². The average molecular weight is 317 g/mol. The van der Waals surface area contributed by atoms with Crippen LogP contribution in [0.4, 0.5) is 0 Å². The zero-order valence-electron chi connectivity index (χ0n) is 11.7. The van der Waals surface area contributed by atoms with E-state index in [0.717, 1.165) is 6.26 Å². The van der Waals surface area contributed by atoms with Crippen molar-refractivity contribution in [3.8, 4) is 0 Å². The van der Waals surface area contributed by atoms with Gasteiger partial charge in [0.15, 0.2) is 0 Å². The van der Waals surface area contributed by atoms with Crippen molar-refractivity contribution >= 4 is 28.2 Å². The first-order chi connectivity index (χ1) is 8.22. The molecule has 0 radical (unpaired) electrons. The van der Waals surface area contributed by atoms with Gasteiger partial charge in [0.2, 0.25) is 5.91 Å². The highest BCUT2D eigenvalue weighted by atomic mass is 35.5. The third-order valence-electron chi connectivity index (χ3n) is 2.21. The molecular formula is C11H25ClN2O4S. The normalized spacial score (nSPS) is 12.9. The van der Waals surface area contributed by atoms with Gasteiger partial charge in [-0.05, 0) is 12.3 Å². The maximum Gasteiger partial charge on any atom is 0.237 e. The van der Waals surface area contributed by atoms with Gasteiger partial charge in [-0.15, -0.1) is 12.4 Å². The molecule has 0 aliphatic carbocycles. The molecule has 3 N–H and O–H groups in total. The lowest BCUT2D eigenvalue weighted by molar-refractivity contribution is -0.122. The second-order valence-corrected chi connectivity index (χ2v) is 7.03. The van der Waals surface area contributed by atoms with E-state index in [4.69, 9.17) is 10.5 Å². The van der Waals surface area contributed by atoms with E-state index in [9.17, 15) is 13.2 Å². The van der Waals surface area contributed by atoms with E-state index in [1.54, 1.807) is 0 Å². The van der Waals surface area contributed by atoms with Gasteiger partial charge >= 0.3 is 0 Å². The number of rotatable bonds is 9. The van der Waals surface area contributed by atoms with Crippen molar-refractivity contribution < 1.29 is 17.9 Å². The zero-order valence-corrected chi connectivity index (χ0v) is 13.4. The Kier molecular flexibility index (Phi) is 11.5. The van der Waals surface area contributed by atoms with Crippen LogP contribution in [0.3, 0.4) is 0 Å². The van der Waals surface area contributed by atoms with Crippen LogP contribution >= 0.6 is 12.4 Å². The summed E-state index contributed by atoms with van der Waals surface area (Å²) in [5, 5.41) is 2.65. The van der Waals surface area contributed by atoms with Crippen LogP contribution in [0.2, 0.25) is 0 Å². The number of ether oxygens (including phenoxy) is 1. The van der Waals surface area contributed by atoms with Crippen LogP contribution in [0.5, 0.6) is 0 Å². The van der Waals surface area contributed by atoms with Gasteiger partial charge in [-0.1, -0.05) is 13.8 Å². The van der Waals surface area contributed by atoms with E-state index >= 15 is 0 Å². The Balaban J connectivity index is 0. The Bertz CT molecular complexity index is 347. The maximum absolute atomic E-state index is 11.5.